The summed E-state index contributed by atoms with van der Waals surface area (Å²) in [6.45, 7) is 0.416. The van der Waals surface area contributed by atoms with Crippen molar-refractivity contribution < 1.29 is 27.2 Å². The molecule has 1 saturated heterocycles. The van der Waals surface area contributed by atoms with Gasteiger partial charge in [-0.25, -0.2) is 0 Å². The summed E-state index contributed by atoms with van der Waals surface area (Å²) in [7, 11) is 0. The van der Waals surface area contributed by atoms with E-state index in [4.69, 9.17) is 16.1 Å². The molecular weight excluding hydrogens is 489 g/mol. The highest BCUT2D eigenvalue weighted by Crippen LogP contribution is 2.36. The molecule has 1 fully saturated rings. The normalized spacial score (nSPS) is 16.0. The smallest absolute Gasteiger partial charge is 0.405 e. The third kappa shape index (κ3) is 4.69. The lowest BCUT2D eigenvalue weighted by Crippen LogP contribution is -2.32. The van der Waals surface area contributed by atoms with Gasteiger partial charge >= 0.3 is 6.36 Å². The first kappa shape index (κ1) is 22.8. The van der Waals surface area contributed by atoms with Crippen LogP contribution >= 0.6 is 11.6 Å². The Morgan fingerprint density at radius 2 is 1.91 bits per heavy atom. The molecule has 1 aliphatic heterocycles. The molecule has 9 nitrogen and oxygen atoms in total. The first-order valence-corrected chi connectivity index (χ1v) is 10.8. The maximum atomic E-state index is 13.6. The Kier molecular flexibility index (Phi) is 5.89. The average molecular weight is 505 g/mol. The summed E-state index contributed by atoms with van der Waals surface area (Å²) in [6.07, 6.45) is -0.692. The highest BCUT2D eigenvalue weighted by atomic mass is 35.5. The third-order valence-corrected chi connectivity index (χ3v) is 5.65. The minimum Gasteiger partial charge on any atom is -0.405 e. The summed E-state index contributed by atoms with van der Waals surface area (Å²) in [6, 6.07) is 9.72. The second-order valence-corrected chi connectivity index (χ2v) is 8.07. The maximum absolute atomic E-state index is 13.6. The van der Waals surface area contributed by atoms with Crippen molar-refractivity contribution in [3.63, 3.8) is 0 Å². The highest BCUT2D eigenvalue weighted by molar-refractivity contribution is 6.31. The van der Waals surface area contributed by atoms with Crippen molar-refractivity contribution in [1.29, 1.82) is 0 Å². The number of nitrogens with zero attached hydrogens (tertiary/aromatic N) is 6. The van der Waals surface area contributed by atoms with Crippen LogP contribution < -0.4 is 4.74 Å². The zero-order chi connectivity index (χ0) is 24.6. The molecule has 1 amide bonds. The molecule has 0 radical (unpaired) electrons. The number of benzene rings is 2. The lowest BCUT2D eigenvalue weighted by molar-refractivity contribution is -0.274. The number of carbonyl (C=O) groups is 1. The molecule has 0 spiro atoms. The molecule has 0 bridgehead atoms. The predicted molar refractivity (Wildman–Crippen MR) is 116 cm³/mol. The van der Waals surface area contributed by atoms with E-state index < -0.39 is 18.2 Å². The van der Waals surface area contributed by atoms with Gasteiger partial charge in [-0.2, -0.15) is 20.0 Å². The summed E-state index contributed by atoms with van der Waals surface area (Å²) in [5, 5.41) is 12.5. The van der Waals surface area contributed by atoms with Crippen LogP contribution in [0.4, 0.5) is 13.2 Å². The fraction of sp³-hybridized carbons (Fsp3) is 0.227. The van der Waals surface area contributed by atoms with E-state index in [1.165, 1.54) is 41.5 Å². The lowest BCUT2D eigenvalue weighted by atomic mass is 10.1. The van der Waals surface area contributed by atoms with Crippen molar-refractivity contribution in [2.75, 3.05) is 6.54 Å². The maximum Gasteiger partial charge on any atom is 0.573 e. The number of halogens is 4. The van der Waals surface area contributed by atoms with Crippen LogP contribution in [0.3, 0.4) is 0 Å². The molecule has 0 unspecified atom stereocenters. The lowest BCUT2D eigenvalue weighted by Gasteiger charge is -2.23. The molecule has 35 heavy (non-hydrogen) atoms. The number of hydrogen-bond acceptors (Lipinski definition) is 7. The topological polar surface area (TPSA) is 99.2 Å². The Morgan fingerprint density at radius 3 is 2.69 bits per heavy atom. The van der Waals surface area contributed by atoms with Crippen molar-refractivity contribution in [1.82, 2.24) is 30.0 Å². The van der Waals surface area contributed by atoms with Gasteiger partial charge in [0.15, 0.2) is 5.82 Å². The fourth-order valence-corrected chi connectivity index (χ4v) is 4.14. The number of ether oxygens (including phenoxy) is 1. The molecule has 0 N–H and O–H groups in total. The molecule has 2 aromatic heterocycles. The number of rotatable bonds is 5. The van der Waals surface area contributed by atoms with Crippen molar-refractivity contribution in [2.45, 2.75) is 25.2 Å². The minimum absolute atomic E-state index is 0.0127. The van der Waals surface area contributed by atoms with Gasteiger partial charge < -0.3 is 14.2 Å². The SMILES string of the molecule is O=C(c1cc(Cl)ccc1-n1nccn1)N1CCC[C@H]1c1noc(-c2ccccc2OC(F)(F)F)n1. The third-order valence-electron chi connectivity index (χ3n) is 5.42. The zero-order valence-electron chi connectivity index (χ0n) is 17.8. The molecule has 3 heterocycles. The number of amides is 1. The van der Waals surface area contributed by atoms with Crippen LogP contribution in [0.25, 0.3) is 17.1 Å². The second kappa shape index (κ2) is 9.02. The van der Waals surface area contributed by atoms with Crippen LogP contribution in [-0.4, -0.2) is 48.8 Å². The molecule has 2 aromatic carbocycles. The van der Waals surface area contributed by atoms with Gasteiger partial charge in [-0.05, 0) is 43.2 Å². The van der Waals surface area contributed by atoms with E-state index >= 15 is 0 Å². The van der Waals surface area contributed by atoms with Gasteiger partial charge in [0, 0.05) is 11.6 Å². The Morgan fingerprint density at radius 1 is 1.14 bits per heavy atom. The van der Waals surface area contributed by atoms with E-state index in [2.05, 4.69) is 25.1 Å². The van der Waals surface area contributed by atoms with Crippen molar-refractivity contribution in [3.8, 4) is 22.9 Å². The van der Waals surface area contributed by atoms with Gasteiger partial charge in [0.1, 0.15) is 5.75 Å². The van der Waals surface area contributed by atoms with E-state index in [9.17, 15) is 18.0 Å². The number of likely N-dealkylation sites (tertiary alicyclic amines) is 1. The second-order valence-electron chi connectivity index (χ2n) is 7.64. The molecule has 13 heteroatoms. The highest BCUT2D eigenvalue weighted by Gasteiger charge is 2.36. The Hall–Kier alpha value is -3.93. The summed E-state index contributed by atoms with van der Waals surface area (Å²) in [5.74, 6) is -0.781. The summed E-state index contributed by atoms with van der Waals surface area (Å²) < 4.78 is 47.7. The van der Waals surface area contributed by atoms with Crippen LogP contribution in [0.15, 0.2) is 59.4 Å². The standard InChI is InChI=1S/C22H16ClF3N6O3/c23-13-7-8-16(32-27-9-10-28-32)15(12-13)21(33)31-11-3-5-17(31)19-29-20(35-30-19)14-4-1-2-6-18(14)34-22(24,25)26/h1-2,4,6-10,12,17H,3,5,11H2/t17-/m0/s1. The van der Waals surface area contributed by atoms with Gasteiger partial charge in [0.25, 0.3) is 11.8 Å². The van der Waals surface area contributed by atoms with Gasteiger partial charge in [-0.1, -0.05) is 28.9 Å². The molecular formula is C22H16ClF3N6O3. The monoisotopic (exact) mass is 504 g/mol. The molecule has 5 rings (SSSR count). The quantitative estimate of drug-likeness (QED) is 0.383. The summed E-state index contributed by atoms with van der Waals surface area (Å²) >= 11 is 6.16. The number of alkyl halides is 3. The van der Waals surface area contributed by atoms with Crippen molar-refractivity contribution in [3.05, 3.63) is 71.3 Å². The van der Waals surface area contributed by atoms with Crippen molar-refractivity contribution in [2.24, 2.45) is 0 Å². The van der Waals surface area contributed by atoms with E-state index in [0.29, 0.717) is 30.1 Å². The fourth-order valence-electron chi connectivity index (χ4n) is 3.96. The summed E-state index contributed by atoms with van der Waals surface area (Å²) in [4.78, 5) is 20.7. The molecule has 0 saturated carbocycles. The van der Waals surface area contributed by atoms with Crippen LogP contribution in [0.1, 0.15) is 35.1 Å². The van der Waals surface area contributed by atoms with E-state index in [1.807, 2.05) is 0 Å². The largest absolute Gasteiger partial charge is 0.573 e. The Labute approximate surface area is 201 Å². The van der Waals surface area contributed by atoms with Gasteiger partial charge in [0.2, 0.25) is 0 Å². The van der Waals surface area contributed by atoms with Crippen molar-refractivity contribution >= 4 is 17.5 Å². The Bertz CT molecular complexity index is 1360. The molecule has 1 atom stereocenters. The Balaban J connectivity index is 1.45. The van der Waals surface area contributed by atoms with Crippen LogP contribution in [-0.2, 0) is 0 Å². The van der Waals surface area contributed by atoms with E-state index in [-0.39, 0.29) is 28.7 Å². The van der Waals surface area contributed by atoms with Gasteiger partial charge in [-0.15, -0.1) is 13.2 Å². The first-order chi connectivity index (χ1) is 16.8. The van der Waals surface area contributed by atoms with Crippen LogP contribution in [0.5, 0.6) is 5.75 Å². The summed E-state index contributed by atoms with van der Waals surface area (Å²) in [5.41, 5.74) is 0.719. The zero-order valence-corrected chi connectivity index (χ0v) is 18.6. The minimum atomic E-state index is -4.88. The van der Waals surface area contributed by atoms with E-state index in [1.54, 1.807) is 17.0 Å². The molecule has 180 valence electrons. The number of aromatic nitrogens is 5. The van der Waals surface area contributed by atoms with Crippen LogP contribution in [0.2, 0.25) is 5.02 Å². The molecule has 1 aliphatic rings. The van der Waals surface area contributed by atoms with E-state index in [0.717, 1.165) is 6.07 Å². The average Bonchev–Trinajstić information content (AvgIpc) is 3.59. The van der Waals surface area contributed by atoms with Gasteiger partial charge in [0.05, 0.1) is 35.2 Å². The molecule has 4 aromatic rings. The molecule has 0 aliphatic carbocycles. The number of carbonyl (C=O) groups excluding carboxylic acids is 1. The van der Waals surface area contributed by atoms with Gasteiger partial charge in [-0.3, -0.25) is 4.79 Å². The number of hydrogen-bond donors (Lipinski definition) is 0. The van der Waals surface area contributed by atoms with Crippen LogP contribution in [0, 0.1) is 0 Å². The predicted octanol–water partition coefficient (Wildman–Crippen LogP) is 4.85. The first-order valence-electron chi connectivity index (χ1n) is 10.5. The number of para-hydroxylation sites is 1.